The van der Waals surface area contributed by atoms with E-state index in [0.717, 1.165) is 12.8 Å². The first-order valence-electron chi connectivity index (χ1n) is 6.29. The zero-order valence-electron chi connectivity index (χ0n) is 10.3. The molecule has 1 nitrogen and oxygen atoms in total. The van der Waals surface area contributed by atoms with Crippen LogP contribution in [0.25, 0.3) is 10.8 Å². The summed E-state index contributed by atoms with van der Waals surface area (Å²) in [5.41, 5.74) is 1.33. The van der Waals surface area contributed by atoms with E-state index < -0.39 is 0 Å². The van der Waals surface area contributed by atoms with Crippen molar-refractivity contribution in [1.82, 2.24) is 0 Å². The number of carbonyl (C=O) groups is 1. The van der Waals surface area contributed by atoms with Crippen molar-refractivity contribution in [3.63, 3.8) is 0 Å². The fraction of sp³-hybridized carbons (Fsp3) is 0.312. The first-order valence-corrected chi connectivity index (χ1v) is 6.29. The molecule has 0 aliphatic carbocycles. The highest BCUT2D eigenvalue weighted by atomic mass is 16.1. The predicted molar refractivity (Wildman–Crippen MR) is 72.2 cm³/mol. The van der Waals surface area contributed by atoms with Crippen LogP contribution < -0.4 is 0 Å². The number of carbonyl (C=O) groups excluding carboxylic acids is 1. The summed E-state index contributed by atoms with van der Waals surface area (Å²) in [4.78, 5) is 11.2. The second-order valence-electron chi connectivity index (χ2n) is 4.43. The summed E-state index contributed by atoms with van der Waals surface area (Å²) < 4.78 is 0. The third kappa shape index (κ3) is 3.16. The van der Waals surface area contributed by atoms with Gasteiger partial charge in [-0.15, -0.1) is 0 Å². The van der Waals surface area contributed by atoms with E-state index in [1.165, 1.54) is 16.3 Å². The van der Waals surface area contributed by atoms with Gasteiger partial charge in [-0.05, 0) is 29.2 Å². The van der Waals surface area contributed by atoms with Crippen molar-refractivity contribution < 1.29 is 4.79 Å². The van der Waals surface area contributed by atoms with E-state index in [1.807, 2.05) is 6.92 Å². The smallest absolute Gasteiger partial charge is 0.132 e. The van der Waals surface area contributed by atoms with Gasteiger partial charge in [-0.1, -0.05) is 49.4 Å². The summed E-state index contributed by atoms with van der Waals surface area (Å²) in [6.45, 7) is 1.93. The minimum absolute atomic E-state index is 0.366. The molecule has 0 aromatic heterocycles. The molecule has 0 saturated heterocycles. The summed E-state index contributed by atoms with van der Waals surface area (Å²) in [6, 6.07) is 14.9. The van der Waals surface area contributed by atoms with Crippen LogP contribution in [-0.2, 0) is 11.2 Å². The molecule has 2 aromatic carbocycles. The van der Waals surface area contributed by atoms with Crippen LogP contribution in [0.15, 0.2) is 42.5 Å². The molecule has 0 radical (unpaired) electrons. The largest absolute Gasteiger partial charge is 0.300 e. The Balaban J connectivity index is 2.02. The maximum Gasteiger partial charge on any atom is 0.132 e. The van der Waals surface area contributed by atoms with Gasteiger partial charge in [0.05, 0.1) is 0 Å². The van der Waals surface area contributed by atoms with Crippen LogP contribution in [0.2, 0.25) is 0 Å². The summed E-state index contributed by atoms with van der Waals surface area (Å²) in [7, 11) is 0. The molecule has 0 spiro atoms. The van der Waals surface area contributed by atoms with E-state index >= 15 is 0 Å². The predicted octanol–water partition coefficient (Wildman–Crippen LogP) is 4.14. The average molecular weight is 226 g/mol. The van der Waals surface area contributed by atoms with Crippen molar-refractivity contribution in [3.8, 4) is 0 Å². The number of aryl methyl sites for hydroxylation is 1. The first kappa shape index (κ1) is 11.8. The highest BCUT2D eigenvalue weighted by Crippen LogP contribution is 2.17. The highest BCUT2D eigenvalue weighted by molar-refractivity contribution is 5.83. The summed E-state index contributed by atoms with van der Waals surface area (Å²) in [5, 5.41) is 2.56. The van der Waals surface area contributed by atoms with E-state index in [-0.39, 0.29) is 0 Å². The minimum atomic E-state index is 0.366. The van der Waals surface area contributed by atoms with Crippen molar-refractivity contribution in [3.05, 3.63) is 48.0 Å². The topological polar surface area (TPSA) is 17.1 Å². The monoisotopic (exact) mass is 226 g/mol. The van der Waals surface area contributed by atoms with Crippen molar-refractivity contribution in [1.29, 1.82) is 0 Å². The second-order valence-corrected chi connectivity index (χ2v) is 4.43. The molecule has 0 bridgehead atoms. The number of fused-ring (bicyclic) bond motifs is 1. The van der Waals surface area contributed by atoms with Crippen molar-refractivity contribution >= 4 is 16.6 Å². The van der Waals surface area contributed by atoms with Gasteiger partial charge >= 0.3 is 0 Å². The number of ketones is 1. The Bertz CT molecular complexity index is 514. The molecule has 2 aromatic rings. The van der Waals surface area contributed by atoms with E-state index in [2.05, 4.69) is 42.5 Å². The van der Waals surface area contributed by atoms with Crippen molar-refractivity contribution in [2.75, 3.05) is 0 Å². The van der Waals surface area contributed by atoms with Crippen molar-refractivity contribution in [2.45, 2.75) is 32.6 Å². The van der Waals surface area contributed by atoms with Gasteiger partial charge in [0, 0.05) is 12.8 Å². The SMILES string of the molecule is CCC(=O)CCCc1ccc2ccccc2c1. The Labute approximate surface area is 102 Å². The van der Waals surface area contributed by atoms with Crippen LogP contribution >= 0.6 is 0 Å². The number of Topliss-reactive ketones (excluding diaryl/α,β-unsaturated/α-hetero) is 1. The molecule has 2 rings (SSSR count). The van der Waals surface area contributed by atoms with E-state index in [4.69, 9.17) is 0 Å². The van der Waals surface area contributed by atoms with Gasteiger partial charge in [0.1, 0.15) is 5.78 Å². The normalized spacial score (nSPS) is 10.6. The molecule has 0 aliphatic heterocycles. The number of benzene rings is 2. The average Bonchev–Trinajstić information content (AvgIpc) is 2.38. The Morgan fingerprint density at radius 1 is 1.06 bits per heavy atom. The summed E-state index contributed by atoms with van der Waals surface area (Å²) >= 11 is 0. The molecule has 88 valence electrons. The molecule has 0 atom stereocenters. The lowest BCUT2D eigenvalue weighted by Gasteiger charge is -2.03. The number of hydrogen-bond donors (Lipinski definition) is 0. The molecule has 0 saturated carbocycles. The lowest BCUT2D eigenvalue weighted by Crippen LogP contribution is -1.96. The first-order chi connectivity index (χ1) is 8.29. The van der Waals surface area contributed by atoms with E-state index in [0.29, 0.717) is 18.6 Å². The zero-order chi connectivity index (χ0) is 12.1. The second kappa shape index (κ2) is 5.62. The van der Waals surface area contributed by atoms with E-state index in [9.17, 15) is 4.79 Å². The summed E-state index contributed by atoms with van der Waals surface area (Å²) in [5.74, 6) is 0.366. The Morgan fingerprint density at radius 2 is 1.82 bits per heavy atom. The van der Waals surface area contributed by atoms with Gasteiger partial charge in [0.15, 0.2) is 0 Å². The van der Waals surface area contributed by atoms with Gasteiger partial charge in [-0.25, -0.2) is 0 Å². The van der Waals surface area contributed by atoms with Crippen molar-refractivity contribution in [2.24, 2.45) is 0 Å². The third-order valence-electron chi connectivity index (χ3n) is 3.13. The Morgan fingerprint density at radius 3 is 2.59 bits per heavy atom. The van der Waals surface area contributed by atoms with Crippen LogP contribution in [0, 0.1) is 0 Å². The molecule has 0 heterocycles. The van der Waals surface area contributed by atoms with Gasteiger partial charge in [-0.3, -0.25) is 4.79 Å². The number of hydrogen-bond acceptors (Lipinski definition) is 1. The number of rotatable bonds is 5. The highest BCUT2D eigenvalue weighted by Gasteiger charge is 2.00. The minimum Gasteiger partial charge on any atom is -0.300 e. The van der Waals surface area contributed by atoms with E-state index in [1.54, 1.807) is 0 Å². The molecule has 0 N–H and O–H groups in total. The zero-order valence-corrected chi connectivity index (χ0v) is 10.3. The molecule has 1 heteroatoms. The van der Waals surface area contributed by atoms with Crippen LogP contribution in [0.4, 0.5) is 0 Å². The van der Waals surface area contributed by atoms with Gasteiger partial charge in [0.25, 0.3) is 0 Å². The molecule has 0 fully saturated rings. The third-order valence-corrected chi connectivity index (χ3v) is 3.13. The maximum atomic E-state index is 11.2. The fourth-order valence-electron chi connectivity index (χ4n) is 2.06. The lowest BCUT2D eigenvalue weighted by molar-refractivity contribution is -0.118. The molecular formula is C16H18O. The van der Waals surface area contributed by atoms with Gasteiger partial charge in [0.2, 0.25) is 0 Å². The van der Waals surface area contributed by atoms with Gasteiger partial charge < -0.3 is 0 Å². The quantitative estimate of drug-likeness (QED) is 0.748. The Kier molecular flexibility index (Phi) is 3.92. The maximum absolute atomic E-state index is 11.2. The molecule has 17 heavy (non-hydrogen) atoms. The molecule has 0 unspecified atom stereocenters. The summed E-state index contributed by atoms with van der Waals surface area (Å²) in [6.07, 6.45) is 3.34. The molecular weight excluding hydrogens is 208 g/mol. The fourth-order valence-corrected chi connectivity index (χ4v) is 2.06. The van der Waals surface area contributed by atoms with Crippen LogP contribution in [-0.4, -0.2) is 5.78 Å². The van der Waals surface area contributed by atoms with Crippen LogP contribution in [0.3, 0.4) is 0 Å². The molecule has 0 aliphatic rings. The van der Waals surface area contributed by atoms with Crippen LogP contribution in [0.5, 0.6) is 0 Å². The van der Waals surface area contributed by atoms with Gasteiger partial charge in [-0.2, -0.15) is 0 Å². The Hall–Kier alpha value is -1.63. The standard InChI is InChI=1S/C16H18O/c1-2-16(17)9-5-6-13-10-11-14-7-3-4-8-15(14)12-13/h3-4,7-8,10-12H,2,5-6,9H2,1H3. The molecule has 0 amide bonds. The lowest BCUT2D eigenvalue weighted by atomic mass is 10.0. The van der Waals surface area contributed by atoms with Crippen LogP contribution in [0.1, 0.15) is 31.7 Å².